The van der Waals surface area contributed by atoms with Crippen molar-refractivity contribution in [1.82, 2.24) is 10.0 Å². The summed E-state index contributed by atoms with van der Waals surface area (Å²) in [5, 5.41) is 4.12. The Morgan fingerprint density at radius 2 is 2.00 bits per heavy atom. The molecule has 2 N–H and O–H groups in total. The highest BCUT2D eigenvalue weighted by Gasteiger charge is 2.29. The van der Waals surface area contributed by atoms with Gasteiger partial charge in [0.15, 0.2) is 0 Å². The van der Waals surface area contributed by atoms with E-state index in [0.717, 1.165) is 6.54 Å². The van der Waals surface area contributed by atoms with Crippen LogP contribution in [0.5, 0.6) is 0 Å². The normalized spacial score (nSPS) is 16.9. The van der Waals surface area contributed by atoms with E-state index in [1.54, 1.807) is 0 Å². The van der Waals surface area contributed by atoms with E-state index in [1.807, 2.05) is 11.1 Å². The molecule has 0 aliphatic heterocycles. The van der Waals surface area contributed by atoms with E-state index in [4.69, 9.17) is 5.73 Å². The molecule has 1 rings (SSSR count). The highest BCUT2D eigenvalue weighted by molar-refractivity contribution is 5.76. The first-order valence-corrected chi connectivity index (χ1v) is 7.51. The van der Waals surface area contributed by atoms with E-state index < -0.39 is 0 Å². The summed E-state index contributed by atoms with van der Waals surface area (Å²) in [4.78, 5) is 12.3. The van der Waals surface area contributed by atoms with Gasteiger partial charge in [0.05, 0.1) is 0 Å². The van der Waals surface area contributed by atoms with E-state index in [1.165, 1.54) is 32.1 Å². The molecule has 1 fully saturated rings. The van der Waals surface area contributed by atoms with Crippen LogP contribution >= 0.6 is 0 Å². The van der Waals surface area contributed by atoms with Crippen LogP contribution in [0.15, 0.2) is 12.7 Å². The molecule has 1 aliphatic carbocycles. The highest BCUT2D eigenvalue weighted by atomic mass is 16.2. The Balaban J connectivity index is 2.83. The number of hydrogen-bond donors (Lipinski definition) is 1. The summed E-state index contributed by atoms with van der Waals surface area (Å²) in [6.45, 7) is 9.11. The molecule has 0 bridgehead atoms. The van der Waals surface area contributed by atoms with E-state index in [2.05, 4.69) is 25.4 Å². The summed E-state index contributed by atoms with van der Waals surface area (Å²) in [7, 11) is 0. The maximum Gasteiger partial charge on any atom is 0.238 e. The van der Waals surface area contributed by atoms with Crippen LogP contribution in [0.25, 0.3) is 0 Å². The fourth-order valence-electron chi connectivity index (χ4n) is 2.89. The molecule has 0 radical (unpaired) electrons. The van der Waals surface area contributed by atoms with Crippen molar-refractivity contribution in [3.63, 3.8) is 0 Å². The van der Waals surface area contributed by atoms with Crippen LogP contribution in [0, 0.1) is 0 Å². The fourth-order valence-corrected chi connectivity index (χ4v) is 2.89. The van der Waals surface area contributed by atoms with Gasteiger partial charge >= 0.3 is 0 Å². The number of hydrogen-bond acceptors (Lipinski definition) is 3. The van der Waals surface area contributed by atoms with Crippen LogP contribution in [-0.2, 0) is 4.79 Å². The number of hydrazine groups is 1. The Bertz CT molecular complexity index is 285. The van der Waals surface area contributed by atoms with Crippen LogP contribution in [0.3, 0.4) is 0 Å². The second kappa shape index (κ2) is 8.33. The van der Waals surface area contributed by atoms with Gasteiger partial charge in [-0.2, -0.15) is 0 Å². The third kappa shape index (κ3) is 4.62. The minimum Gasteiger partial charge on any atom is -0.330 e. The molecule has 0 unspecified atom stereocenters. The van der Waals surface area contributed by atoms with Gasteiger partial charge in [0.2, 0.25) is 5.91 Å². The van der Waals surface area contributed by atoms with Gasteiger partial charge in [0.25, 0.3) is 0 Å². The predicted molar refractivity (Wildman–Crippen MR) is 79.4 cm³/mol. The van der Waals surface area contributed by atoms with Gasteiger partial charge in [0.1, 0.15) is 0 Å². The zero-order valence-electron chi connectivity index (χ0n) is 12.5. The third-order valence-electron chi connectivity index (χ3n) is 3.69. The Morgan fingerprint density at radius 1 is 1.37 bits per heavy atom. The highest BCUT2D eigenvalue weighted by Crippen LogP contribution is 2.25. The van der Waals surface area contributed by atoms with Gasteiger partial charge in [-0.25, -0.2) is 5.01 Å². The molecule has 0 heterocycles. The molecule has 1 amide bonds. The lowest BCUT2D eigenvalue weighted by Crippen LogP contribution is -2.55. The monoisotopic (exact) mass is 267 g/mol. The molecule has 4 nitrogen and oxygen atoms in total. The molecular weight excluding hydrogens is 238 g/mol. The van der Waals surface area contributed by atoms with Crippen LogP contribution in [0.2, 0.25) is 0 Å². The summed E-state index contributed by atoms with van der Waals surface area (Å²) < 4.78 is 0. The SMILES string of the molecule is C=CCN(C1CCCCC1)N(C(=O)CCN)C(C)C. The summed E-state index contributed by atoms with van der Waals surface area (Å²) in [5.74, 6) is 0.130. The van der Waals surface area contributed by atoms with Crippen molar-refractivity contribution in [3.8, 4) is 0 Å². The van der Waals surface area contributed by atoms with Gasteiger partial charge in [0, 0.05) is 31.6 Å². The van der Waals surface area contributed by atoms with Crippen LogP contribution in [0.1, 0.15) is 52.4 Å². The number of amides is 1. The lowest BCUT2D eigenvalue weighted by molar-refractivity contribution is -0.159. The van der Waals surface area contributed by atoms with Crippen molar-refractivity contribution < 1.29 is 4.79 Å². The standard InChI is InChI=1S/C15H29N3O/c1-4-12-17(14-8-6-5-7-9-14)18(13(2)3)15(19)10-11-16/h4,13-14H,1,5-12,16H2,2-3H3. The number of nitrogens with two attached hydrogens (primary N) is 1. The number of carbonyl (C=O) groups is 1. The molecule has 1 saturated carbocycles. The fraction of sp³-hybridized carbons (Fsp3) is 0.800. The molecule has 0 atom stereocenters. The van der Waals surface area contributed by atoms with Gasteiger partial charge < -0.3 is 5.73 Å². The zero-order valence-corrected chi connectivity index (χ0v) is 12.5. The number of nitrogens with zero attached hydrogens (tertiary/aromatic N) is 2. The quantitative estimate of drug-likeness (QED) is 0.569. The Kier molecular flexibility index (Phi) is 7.10. The van der Waals surface area contributed by atoms with Crippen molar-refractivity contribution in [2.75, 3.05) is 13.1 Å². The smallest absolute Gasteiger partial charge is 0.238 e. The maximum absolute atomic E-state index is 12.3. The zero-order chi connectivity index (χ0) is 14.3. The van der Waals surface area contributed by atoms with Crippen molar-refractivity contribution >= 4 is 5.91 Å². The predicted octanol–water partition coefficient (Wildman–Crippen LogP) is 2.31. The molecule has 4 heteroatoms. The summed E-state index contributed by atoms with van der Waals surface area (Å²) >= 11 is 0. The second-order valence-electron chi connectivity index (χ2n) is 5.57. The molecule has 0 aromatic carbocycles. The van der Waals surface area contributed by atoms with E-state index >= 15 is 0 Å². The molecule has 0 saturated heterocycles. The van der Waals surface area contributed by atoms with Crippen molar-refractivity contribution in [3.05, 3.63) is 12.7 Å². The van der Waals surface area contributed by atoms with E-state index in [-0.39, 0.29) is 11.9 Å². The first-order chi connectivity index (χ1) is 9.11. The van der Waals surface area contributed by atoms with Crippen molar-refractivity contribution in [2.24, 2.45) is 5.73 Å². The van der Waals surface area contributed by atoms with Crippen LogP contribution in [-0.4, -0.2) is 41.1 Å². The molecule has 0 aromatic heterocycles. The van der Waals surface area contributed by atoms with Crippen molar-refractivity contribution in [1.29, 1.82) is 0 Å². The Hall–Kier alpha value is -0.870. The van der Waals surface area contributed by atoms with Crippen LogP contribution in [0.4, 0.5) is 0 Å². The molecular formula is C15H29N3O. The van der Waals surface area contributed by atoms with Gasteiger partial charge in [-0.3, -0.25) is 9.80 Å². The minimum absolute atomic E-state index is 0.130. The summed E-state index contributed by atoms with van der Waals surface area (Å²) in [5.41, 5.74) is 5.53. The maximum atomic E-state index is 12.3. The summed E-state index contributed by atoms with van der Waals surface area (Å²) in [6.07, 6.45) is 8.49. The average molecular weight is 267 g/mol. The number of carbonyl (C=O) groups excluding carboxylic acids is 1. The van der Waals surface area contributed by atoms with E-state index in [9.17, 15) is 4.79 Å². The lowest BCUT2D eigenvalue weighted by Gasteiger charge is -2.43. The largest absolute Gasteiger partial charge is 0.330 e. The topological polar surface area (TPSA) is 49.6 Å². The molecule has 1 aliphatic rings. The first kappa shape index (κ1) is 16.2. The van der Waals surface area contributed by atoms with E-state index in [0.29, 0.717) is 19.0 Å². The lowest BCUT2D eigenvalue weighted by atomic mass is 9.95. The van der Waals surface area contributed by atoms with Crippen LogP contribution < -0.4 is 5.73 Å². The Labute approximate surface area is 117 Å². The first-order valence-electron chi connectivity index (χ1n) is 7.51. The number of rotatable bonds is 7. The van der Waals surface area contributed by atoms with Gasteiger partial charge in [-0.15, -0.1) is 6.58 Å². The molecule has 0 spiro atoms. The van der Waals surface area contributed by atoms with Gasteiger partial charge in [-0.05, 0) is 26.7 Å². The molecule has 110 valence electrons. The Morgan fingerprint density at radius 3 is 2.47 bits per heavy atom. The third-order valence-corrected chi connectivity index (χ3v) is 3.69. The van der Waals surface area contributed by atoms with Crippen molar-refractivity contribution in [2.45, 2.75) is 64.5 Å². The molecule has 19 heavy (non-hydrogen) atoms. The summed E-state index contributed by atoms with van der Waals surface area (Å²) in [6, 6.07) is 0.636. The van der Waals surface area contributed by atoms with Gasteiger partial charge in [-0.1, -0.05) is 25.3 Å². The molecule has 0 aromatic rings. The second-order valence-corrected chi connectivity index (χ2v) is 5.57. The minimum atomic E-state index is 0.130. The average Bonchev–Trinajstić information content (AvgIpc) is 2.39.